The fourth-order valence-corrected chi connectivity index (χ4v) is 0.960. The molecule has 0 spiro atoms. The maximum absolute atomic E-state index is 10.9. The van der Waals surface area contributed by atoms with E-state index in [1.807, 2.05) is 0 Å². The van der Waals surface area contributed by atoms with Crippen LogP contribution in [0.1, 0.15) is 17.4 Å². The summed E-state index contributed by atoms with van der Waals surface area (Å²) in [7, 11) is -1.87. The lowest BCUT2D eigenvalue weighted by atomic mass is 9.80. The van der Waals surface area contributed by atoms with Crippen molar-refractivity contribution in [3.05, 3.63) is 27.9 Å². The average molecular weight is 210 g/mol. The number of rotatable bonds is 3. The second-order valence-electron chi connectivity index (χ2n) is 2.83. The molecule has 0 aliphatic carbocycles. The maximum atomic E-state index is 10.9. The number of nitro groups is 1. The molecule has 1 heterocycles. The smallest absolute Gasteiger partial charge is 0.423 e. The third kappa shape index (κ3) is 2.58. The molecule has 1 aromatic rings. The van der Waals surface area contributed by atoms with Gasteiger partial charge in [-0.25, -0.2) is 0 Å². The van der Waals surface area contributed by atoms with Gasteiger partial charge in [-0.2, -0.15) is 0 Å². The van der Waals surface area contributed by atoms with E-state index in [1.165, 1.54) is 6.92 Å². The van der Waals surface area contributed by atoms with Crippen molar-refractivity contribution in [2.75, 3.05) is 0 Å². The summed E-state index contributed by atoms with van der Waals surface area (Å²) in [5.74, 6) is -1.08. The van der Waals surface area contributed by atoms with Crippen LogP contribution in [0.15, 0.2) is 12.1 Å². The molecule has 1 rings (SSSR count). The third-order valence-electron chi connectivity index (χ3n) is 1.68. The van der Waals surface area contributed by atoms with Gasteiger partial charge in [0.25, 0.3) is 0 Å². The van der Waals surface area contributed by atoms with Crippen molar-refractivity contribution in [3.8, 4) is 0 Å². The number of nitrogens with zero attached hydrogens (tertiary/aromatic N) is 2. The molecule has 0 unspecified atom stereocenters. The first-order valence-corrected chi connectivity index (χ1v) is 3.95. The van der Waals surface area contributed by atoms with Gasteiger partial charge in [-0.15, -0.1) is 0 Å². The van der Waals surface area contributed by atoms with E-state index in [2.05, 4.69) is 4.98 Å². The summed E-state index contributed by atoms with van der Waals surface area (Å²) in [6.07, 6.45) is 0. The van der Waals surface area contributed by atoms with Crippen LogP contribution in [0, 0.1) is 10.1 Å². The Labute approximate surface area is 84.7 Å². The highest BCUT2D eigenvalue weighted by atomic mass is 16.6. The zero-order valence-corrected chi connectivity index (χ0v) is 7.75. The third-order valence-corrected chi connectivity index (χ3v) is 1.68. The zero-order valence-electron chi connectivity index (χ0n) is 7.75. The van der Waals surface area contributed by atoms with Crippen molar-refractivity contribution in [1.82, 2.24) is 4.98 Å². The van der Waals surface area contributed by atoms with Gasteiger partial charge in [0.1, 0.15) is 0 Å². The summed E-state index contributed by atoms with van der Waals surface area (Å²) in [4.78, 5) is 24.0. The molecule has 0 aliphatic heterocycles. The molecule has 0 saturated heterocycles. The molecule has 15 heavy (non-hydrogen) atoms. The van der Waals surface area contributed by atoms with Gasteiger partial charge in [0.05, 0.1) is 0 Å². The summed E-state index contributed by atoms with van der Waals surface area (Å²) < 4.78 is 0. The van der Waals surface area contributed by atoms with Gasteiger partial charge < -0.3 is 20.2 Å². The molecular weight excluding hydrogens is 203 g/mol. The maximum Gasteiger partial charge on any atom is 0.488 e. The predicted molar refractivity (Wildman–Crippen MR) is 50.7 cm³/mol. The summed E-state index contributed by atoms with van der Waals surface area (Å²) in [6, 6.07) is 2.00. The second-order valence-corrected chi connectivity index (χ2v) is 2.83. The molecule has 7 nitrogen and oxygen atoms in total. The molecule has 0 aliphatic rings. The largest absolute Gasteiger partial charge is 0.488 e. The van der Waals surface area contributed by atoms with Crippen LogP contribution in [0.25, 0.3) is 0 Å². The van der Waals surface area contributed by atoms with Crippen LogP contribution in [0.2, 0.25) is 0 Å². The minimum atomic E-state index is -1.87. The molecule has 0 amide bonds. The number of aromatic nitrogens is 1. The molecule has 8 heteroatoms. The first-order valence-electron chi connectivity index (χ1n) is 3.95. The van der Waals surface area contributed by atoms with E-state index in [1.54, 1.807) is 0 Å². The Morgan fingerprint density at radius 3 is 2.53 bits per heavy atom. The van der Waals surface area contributed by atoms with Crippen molar-refractivity contribution >= 4 is 24.2 Å². The van der Waals surface area contributed by atoms with Crippen LogP contribution in [0.3, 0.4) is 0 Å². The van der Waals surface area contributed by atoms with Crippen LogP contribution in [-0.2, 0) is 0 Å². The number of carbonyl (C=O) groups excluding carboxylic acids is 1. The van der Waals surface area contributed by atoms with Crippen molar-refractivity contribution in [2.24, 2.45) is 0 Å². The fourth-order valence-electron chi connectivity index (χ4n) is 0.960. The average Bonchev–Trinajstić information content (AvgIpc) is 2.16. The number of Topliss-reactive ketones (excluding diaryl/α,β-unsaturated/α-hetero) is 1. The SMILES string of the molecule is CC(=O)c1cc(B(O)O)cc([N+](=O)[O-])n1. The number of hydrogen-bond acceptors (Lipinski definition) is 6. The molecule has 0 atom stereocenters. The van der Waals surface area contributed by atoms with Gasteiger partial charge in [0.15, 0.2) is 0 Å². The normalized spacial score (nSPS) is 9.80. The Hall–Kier alpha value is -1.80. The van der Waals surface area contributed by atoms with Gasteiger partial charge in [-0.1, -0.05) is 0 Å². The number of ketones is 1. The first kappa shape index (κ1) is 11.3. The van der Waals surface area contributed by atoms with E-state index in [9.17, 15) is 14.9 Å². The number of hydrogen-bond donors (Lipinski definition) is 2. The zero-order chi connectivity index (χ0) is 11.6. The Morgan fingerprint density at radius 2 is 2.13 bits per heavy atom. The van der Waals surface area contributed by atoms with Crippen LogP contribution < -0.4 is 5.46 Å². The second kappa shape index (κ2) is 4.15. The van der Waals surface area contributed by atoms with E-state index in [0.29, 0.717) is 0 Å². The van der Waals surface area contributed by atoms with Crippen LogP contribution >= 0.6 is 0 Å². The minimum Gasteiger partial charge on any atom is -0.423 e. The van der Waals surface area contributed by atoms with E-state index in [-0.39, 0.29) is 11.2 Å². The van der Waals surface area contributed by atoms with Gasteiger partial charge >= 0.3 is 12.9 Å². The predicted octanol–water partition coefficient (Wildman–Crippen LogP) is -1.13. The molecule has 2 N–H and O–H groups in total. The van der Waals surface area contributed by atoms with Crippen molar-refractivity contribution in [1.29, 1.82) is 0 Å². The van der Waals surface area contributed by atoms with Crippen LogP contribution in [0.4, 0.5) is 5.82 Å². The Balaban J connectivity index is 3.32. The molecule has 78 valence electrons. The Morgan fingerprint density at radius 1 is 1.53 bits per heavy atom. The van der Waals surface area contributed by atoms with Crippen LogP contribution in [-0.4, -0.2) is 32.9 Å². The van der Waals surface area contributed by atoms with E-state index < -0.39 is 23.6 Å². The lowest BCUT2D eigenvalue weighted by Crippen LogP contribution is -2.31. The lowest BCUT2D eigenvalue weighted by molar-refractivity contribution is -0.389. The highest BCUT2D eigenvalue weighted by Crippen LogP contribution is 2.06. The van der Waals surface area contributed by atoms with Gasteiger partial charge in [-0.05, 0) is 21.4 Å². The quantitative estimate of drug-likeness (QED) is 0.282. The monoisotopic (exact) mass is 210 g/mol. The number of carbonyl (C=O) groups is 1. The summed E-state index contributed by atoms with van der Waals surface area (Å²) in [5.41, 5.74) is -0.311. The van der Waals surface area contributed by atoms with E-state index >= 15 is 0 Å². The topological polar surface area (TPSA) is 114 Å². The standard InChI is InChI=1S/C7H7BN2O5/c1-4(11)6-2-5(8(12)13)3-7(9-6)10(14)15/h2-3,12-13H,1H3. The molecule has 0 radical (unpaired) electrons. The Bertz CT molecular complexity index is 388. The van der Waals surface area contributed by atoms with Crippen LogP contribution in [0.5, 0.6) is 0 Å². The lowest BCUT2D eigenvalue weighted by Gasteiger charge is -1.99. The van der Waals surface area contributed by atoms with Crippen molar-refractivity contribution in [2.45, 2.75) is 6.92 Å². The minimum absolute atomic E-state index is 0.137. The highest BCUT2D eigenvalue weighted by Gasteiger charge is 2.21. The molecule has 0 fully saturated rings. The van der Waals surface area contributed by atoms with Gasteiger partial charge in [-0.3, -0.25) is 4.79 Å². The molecule has 0 saturated carbocycles. The van der Waals surface area contributed by atoms with E-state index in [4.69, 9.17) is 10.0 Å². The van der Waals surface area contributed by atoms with Crippen molar-refractivity contribution in [3.63, 3.8) is 0 Å². The highest BCUT2D eigenvalue weighted by molar-refractivity contribution is 6.58. The summed E-state index contributed by atoms with van der Waals surface area (Å²) >= 11 is 0. The van der Waals surface area contributed by atoms with Crippen molar-refractivity contribution < 1.29 is 19.8 Å². The summed E-state index contributed by atoms with van der Waals surface area (Å²) in [6.45, 7) is 1.18. The van der Waals surface area contributed by atoms with Gasteiger partial charge in [0, 0.05) is 13.0 Å². The fraction of sp³-hybridized carbons (Fsp3) is 0.143. The first-order chi connectivity index (χ1) is 6.91. The van der Waals surface area contributed by atoms with Gasteiger partial charge in [0.2, 0.25) is 11.5 Å². The molecule has 0 aromatic carbocycles. The molecular formula is C7H7BN2O5. The molecule has 1 aromatic heterocycles. The Kier molecular flexibility index (Phi) is 3.12. The summed E-state index contributed by atoms with van der Waals surface area (Å²) in [5, 5.41) is 28.1. The molecule has 0 bridgehead atoms. The van der Waals surface area contributed by atoms with E-state index in [0.717, 1.165) is 12.1 Å². The number of pyridine rings is 1.